The third-order valence-corrected chi connectivity index (χ3v) is 4.60. The molecule has 0 unspecified atom stereocenters. The van der Waals surface area contributed by atoms with Gasteiger partial charge in [-0.05, 0) is 18.6 Å². The van der Waals surface area contributed by atoms with Crippen molar-refractivity contribution < 1.29 is 8.42 Å². The van der Waals surface area contributed by atoms with E-state index in [-0.39, 0.29) is 4.90 Å². The Kier molecular flexibility index (Phi) is 4.98. The lowest BCUT2D eigenvalue weighted by Gasteiger charge is -2.13. The van der Waals surface area contributed by atoms with Gasteiger partial charge in [0.2, 0.25) is 10.0 Å². The van der Waals surface area contributed by atoms with Gasteiger partial charge in [-0.3, -0.25) is 0 Å². The third-order valence-electron chi connectivity index (χ3n) is 3.08. The second kappa shape index (κ2) is 6.73. The van der Waals surface area contributed by atoms with E-state index >= 15 is 0 Å². The first-order chi connectivity index (χ1) is 10.0. The summed E-state index contributed by atoms with van der Waals surface area (Å²) in [6.45, 7) is 2.81. The van der Waals surface area contributed by atoms with Gasteiger partial charge >= 0.3 is 0 Å². The van der Waals surface area contributed by atoms with Crippen molar-refractivity contribution >= 4 is 15.7 Å². The van der Waals surface area contributed by atoms with E-state index in [4.69, 9.17) is 0 Å². The van der Waals surface area contributed by atoms with Gasteiger partial charge in [0.15, 0.2) is 0 Å². The quantitative estimate of drug-likeness (QED) is 0.816. The largest absolute Gasteiger partial charge is 0.377 e. The van der Waals surface area contributed by atoms with E-state index in [2.05, 4.69) is 15.0 Å². The monoisotopic (exact) mass is 308 g/mol. The predicted octanol–water partition coefficient (Wildman–Crippen LogP) is 1.72. The highest BCUT2D eigenvalue weighted by Crippen LogP contribution is 2.21. The molecule has 0 radical (unpaired) electrons. The topological polar surface area (TPSA) is 76.0 Å². The summed E-state index contributed by atoms with van der Waals surface area (Å²) in [6, 6.07) is 6.87. The minimum atomic E-state index is -3.49. The molecule has 1 aromatic heterocycles. The molecule has 0 saturated heterocycles. The molecule has 2 rings (SSSR count). The molecule has 114 valence electrons. The standard InChI is InChI=1S/C14H20N4O2S/c1-3-8-17-21(19,20)13-7-5-4-6-12(13)16-11-14-15-9-10-18(14)2/h4-7,9-10,16-17H,3,8,11H2,1-2H3. The molecule has 0 aliphatic carbocycles. The summed E-state index contributed by atoms with van der Waals surface area (Å²) in [7, 11) is -1.60. The van der Waals surface area contributed by atoms with Gasteiger partial charge in [0, 0.05) is 26.0 Å². The highest BCUT2D eigenvalue weighted by Gasteiger charge is 2.17. The van der Waals surface area contributed by atoms with Crippen LogP contribution in [0.5, 0.6) is 0 Å². The molecule has 1 heterocycles. The molecule has 0 amide bonds. The van der Waals surface area contributed by atoms with Crippen LogP contribution in [0.2, 0.25) is 0 Å². The molecule has 6 nitrogen and oxygen atoms in total. The average Bonchev–Trinajstić information content (AvgIpc) is 2.88. The number of sulfonamides is 1. The second-order valence-corrected chi connectivity index (χ2v) is 6.44. The van der Waals surface area contributed by atoms with Gasteiger partial charge in [-0.2, -0.15) is 0 Å². The van der Waals surface area contributed by atoms with Crippen LogP contribution in [-0.4, -0.2) is 24.5 Å². The molecule has 7 heteroatoms. The van der Waals surface area contributed by atoms with E-state index < -0.39 is 10.0 Å². The minimum absolute atomic E-state index is 0.257. The van der Waals surface area contributed by atoms with Gasteiger partial charge in [0.25, 0.3) is 0 Å². The molecule has 0 atom stereocenters. The van der Waals surface area contributed by atoms with Crippen LogP contribution in [0.25, 0.3) is 0 Å². The van der Waals surface area contributed by atoms with Crippen LogP contribution in [0, 0.1) is 0 Å². The third kappa shape index (κ3) is 3.83. The molecule has 0 bridgehead atoms. The molecule has 2 N–H and O–H groups in total. The van der Waals surface area contributed by atoms with E-state index in [1.54, 1.807) is 30.5 Å². The van der Waals surface area contributed by atoms with Crippen LogP contribution in [0.15, 0.2) is 41.6 Å². The van der Waals surface area contributed by atoms with E-state index in [1.807, 2.05) is 24.7 Å². The fraction of sp³-hybridized carbons (Fsp3) is 0.357. The maximum Gasteiger partial charge on any atom is 0.242 e. The lowest BCUT2D eigenvalue weighted by molar-refractivity contribution is 0.581. The molecule has 0 saturated carbocycles. The van der Waals surface area contributed by atoms with E-state index in [0.29, 0.717) is 18.8 Å². The number of imidazole rings is 1. The number of rotatable bonds is 7. The number of nitrogens with zero attached hydrogens (tertiary/aromatic N) is 2. The summed E-state index contributed by atoms with van der Waals surface area (Å²) in [5.41, 5.74) is 0.573. The molecule has 0 aliphatic heterocycles. The number of para-hydroxylation sites is 1. The Hall–Kier alpha value is -1.86. The summed E-state index contributed by atoms with van der Waals surface area (Å²) in [6.07, 6.45) is 4.31. The summed E-state index contributed by atoms with van der Waals surface area (Å²) in [4.78, 5) is 4.46. The Morgan fingerprint density at radius 3 is 2.71 bits per heavy atom. The first kappa shape index (κ1) is 15.5. The zero-order chi connectivity index (χ0) is 15.3. The van der Waals surface area contributed by atoms with Crippen molar-refractivity contribution in [2.24, 2.45) is 7.05 Å². The number of aryl methyl sites for hydroxylation is 1. The highest BCUT2D eigenvalue weighted by molar-refractivity contribution is 7.89. The second-order valence-electron chi connectivity index (χ2n) is 4.70. The van der Waals surface area contributed by atoms with Gasteiger partial charge in [0.05, 0.1) is 12.2 Å². The van der Waals surface area contributed by atoms with Crippen molar-refractivity contribution in [3.05, 3.63) is 42.5 Å². The van der Waals surface area contributed by atoms with Crippen LogP contribution in [0.3, 0.4) is 0 Å². The van der Waals surface area contributed by atoms with Crippen molar-refractivity contribution in [1.82, 2.24) is 14.3 Å². The Labute approximate surface area is 125 Å². The van der Waals surface area contributed by atoms with Gasteiger partial charge in [-0.25, -0.2) is 18.1 Å². The maximum atomic E-state index is 12.3. The average molecular weight is 308 g/mol. The Morgan fingerprint density at radius 1 is 1.29 bits per heavy atom. The lowest BCUT2D eigenvalue weighted by atomic mass is 10.3. The number of anilines is 1. The van der Waals surface area contributed by atoms with Gasteiger partial charge in [-0.15, -0.1) is 0 Å². The predicted molar refractivity (Wildman–Crippen MR) is 82.5 cm³/mol. The normalized spacial score (nSPS) is 11.5. The molecular weight excluding hydrogens is 288 g/mol. The summed E-state index contributed by atoms with van der Waals surface area (Å²) < 4.78 is 29.0. The SMILES string of the molecule is CCCNS(=O)(=O)c1ccccc1NCc1nccn1C. The Balaban J connectivity index is 2.19. The van der Waals surface area contributed by atoms with E-state index in [9.17, 15) is 8.42 Å². The summed E-state index contributed by atoms with van der Waals surface area (Å²) in [5, 5.41) is 3.14. The number of hydrogen-bond donors (Lipinski definition) is 2. The zero-order valence-corrected chi connectivity index (χ0v) is 13.0. The highest BCUT2D eigenvalue weighted by atomic mass is 32.2. The molecular formula is C14H20N4O2S. The van der Waals surface area contributed by atoms with Crippen molar-refractivity contribution in [3.63, 3.8) is 0 Å². The van der Waals surface area contributed by atoms with Gasteiger partial charge in [-0.1, -0.05) is 19.1 Å². The van der Waals surface area contributed by atoms with Crippen molar-refractivity contribution in [2.75, 3.05) is 11.9 Å². The molecule has 2 aromatic rings. The lowest BCUT2D eigenvalue weighted by Crippen LogP contribution is -2.25. The van der Waals surface area contributed by atoms with E-state index in [0.717, 1.165) is 12.2 Å². The van der Waals surface area contributed by atoms with E-state index in [1.165, 1.54) is 0 Å². The first-order valence-electron chi connectivity index (χ1n) is 6.83. The Bertz CT molecular complexity index is 695. The molecule has 0 aliphatic rings. The number of hydrogen-bond acceptors (Lipinski definition) is 4. The van der Waals surface area contributed by atoms with Crippen LogP contribution in [0.4, 0.5) is 5.69 Å². The van der Waals surface area contributed by atoms with Crippen LogP contribution < -0.4 is 10.0 Å². The Morgan fingerprint density at radius 2 is 2.05 bits per heavy atom. The summed E-state index contributed by atoms with van der Waals surface area (Å²) in [5.74, 6) is 0.837. The smallest absolute Gasteiger partial charge is 0.242 e. The van der Waals surface area contributed by atoms with Gasteiger partial charge < -0.3 is 9.88 Å². The molecule has 0 spiro atoms. The molecule has 0 fully saturated rings. The zero-order valence-electron chi connectivity index (χ0n) is 12.2. The van der Waals surface area contributed by atoms with Crippen molar-refractivity contribution in [3.8, 4) is 0 Å². The van der Waals surface area contributed by atoms with Gasteiger partial charge in [0.1, 0.15) is 10.7 Å². The maximum absolute atomic E-state index is 12.3. The number of nitrogens with one attached hydrogen (secondary N) is 2. The summed E-state index contributed by atoms with van der Waals surface area (Å²) >= 11 is 0. The van der Waals surface area contributed by atoms with Crippen LogP contribution in [0.1, 0.15) is 19.2 Å². The fourth-order valence-corrected chi connectivity index (χ4v) is 3.22. The minimum Gasteiger partial charge on any atom is -0.377 e. The first-order valence-corrected chi connectivity index (χ1v) is 8.31. The number of aromatic nitrogens is 2. The number of benzene rings is 1. The molecule has 1 aromatic carbocycles. The fourth-order valence-electron chi connectivity index (χ4n) is 1.90. The molecule has 21 heavy (non-hydrogen) atoms. The van der Waals surface area contributed by atoms with Crippen molar-refractivity contribution in [2.45, 2.75) is 24.8 Å². The van der Waals surface area contributed by atoms with Crippen LogP contribution >= 0.6 is 0 Å². The van der Waals surface area contributed by atoms with Crippen LogP contribution in [-0.2, 0) is 23.6 Å². The van der Waals surface area contributed by atoms with Crippen molar-refractivity contribution in [1.29, 1.82) is 0 Å².